The van der Waals surface area contributed by atoms with Gasteiger partial charge in [-0.05, 0) is 24.8 Å². The summed E-state index contributed by atoms with van der Waals surface area (Å²) in [5, 5.41) is 5.96. The van der Waals surface area contributed by atoms with Gasteiger partial charge >= 0.3 is 6.03 Å². The van der Waals surface area contributed by atoms with Crippen LogP contribution in [0.2, 0.25) is 0 Å². The van der Waals surface area contributed by atoms with Crippen molar-refractivity contribution in [3.8, 4) is 0 Å². The second-order valence-corrected chi connectivity index (χ2v) is 8.68. The highest BCUT2D eigenvalue weighted by Crippen LogP contribution is 2.29. The van der Waals surface area contributed by atoms with Crippen LogP contribution < -0.4 is 4.90 Å². The van der Waals surface area contributed by atoms with Crippen molar-refractivity contribution < 1.29 is 9.59 Å². The first-order valence-corrected chi connectivity index (χ1v) is 11.7. The number of nitrogens with zero attached hydrogens (tertiary/aromatic N) is 7. The molecule has 172 valence electrons. The van der Waals surface area contributed by atoms with Crippen molar-refractivity contribution >= 4 is 24.0 Å². The van der Waals surface area contributed by atoms with Crippen LogP contribution in [0.3, 0.4) is 0 Å². The fraction of sp³-hybridized carbons (Fsp3) is 0.458. The number of piperidine rings is 1. The summed E-state index contributed by atoms with van der Waals surface area (Å²) < 4.78 is 0. The predicted molar refractivity (Wildman–Crippen MR) is 125 cm³/mol. The third-order valence-electron chi connectivity index (χ3n) is 6.60. The average Bonchev–Trinajstić information content (AvgIpc) is 3.39. The van der Waals surface area contributed by atoms with Crippen LogP contribution in [0.1, 0.15) is 47.8 Å². The van der Waals surface area contributed by atoms with E-state index in [1.807, 2.05) is 46.3 Å². The van der Waals surface area contributed by atoms with E-state index in [4.69, 9.17) is 0 Å². The van der Waals surface area contributed by atoms with Crippen molar-refractivity contribution in [1.82, 2.24) is 24.8 Å². The quantitative estimate of drug-likeness (QED) is 0.722. The highest BCUT2D eigenvalue weighted by atomic mass is 16.2. The lowest BCUT2D eigenvalue weighted by Crippen LogP contribution is -2.52. The number of hydrogen-bond acceptors (Lipinski definition) is 6. The molecule has 1 aromatic heterocycles. The largest absolute Gasteiger partial charge is 0.353 e. The molecule has 0 saturated carbocycles. The van der Waals surface area contributed by atoms with Crippen molar-refractivity contribution in [2.75, 3.05) is 44.2 Å². The van der Waals surface area contributed by atoms with Crippen LogP contribution in [-0.2, 0) is 0 Å². The van der Waals surface area contributed by atoms with Crippen LogP contribution in [0.15, 0.2) is 47.8 Å². The number of benzene rings is 1. The molecule has 0 spiro atoms. The molecule has 1 atom stereocenters. The average molecular weight is 448 g/mol. The summed E-state index contributed by atoms with van der Waals surface area (Å²) in [5.74, 6) is 0.713. The van der Waals surface area contributed by atoms with Crippen LogP contribution in [-0.4, -0.2) is 82.2 Å². The van der Waals surface area contributed by atoms with E-state index in [1.54, 1.807) is 11.1 Å². The maximum Gasteiger partial charge on any atom is 0.341 e. The molecular weight excluding hydrogens is 418 g/mol. The van der Waals surface area contributed by atoms with Gasteiger partial charge in [-0.2, -0.15) is 5.10 Å². The van der Waals surface area contributed by atoms with Crippen LogP contribution in [0.4, 0.5) is 10.6 Å². The summed E-state index contributed by atoms with van der Waals surface area (Å²) in [4.78, 5) is 40.5. The highest BCUT2D eigenvalue weighted by molar-refractivity contribution is 5.93. The van der Waals surface area contributed by atoms with Crippen LogP contribution >= 0.6 is 0 Å². The Morgan fingerprint density at radius 1 is 0.848 bits per heavy atom. The minimum absolute atomic E-state index is 0.0222. The van der Waals surface area contributed by atoms with Gasteiger partial charge in [0.2, 0.25) is 0 Å². The van der Waals surface area contributed by atoms with E-state index < -0.39 is 0 Å². The first-order valence-electron chi connectivity index (χ1n) is 11.7. The number of likely N-dealkylation sites (tertiary alicyclic amines) is 1. The molecule has 33 heavy (non-hydrogen) atoms. The maximum atomic E-state index is 13.2. The molecule has 0 N–H and O–H groups in total. The summed E-state index contributed by atoms with van der Waals surface area (Å²) in [6.45, 7) is 4.03. The Morgan fingerprint density at radius 2 is 1.61 bits per heavy atom. The van der Waals surface area contributed by atoms with E-state index in [1.165, 1.54) is 12.7 Å². The molecule has 3 aliphatic heterocycles. The first kappa shape index (κ1) is 21.4. The second kappa shape index (κ2) is 9.56. The Balaban J connectivity index is 1.21. The van der Waals surface area contributed by atoms with E-state index in [9.17, 15) is 9.59 Å². The topological polar surface area (TPSA) is 85.2 Å². The number of aromatic nitrogens is 2. The van der Waals surface area contributed by atoms with E-state index in [0.717, 1.165) is 43.7 Å². The molecule has 2 fully saturated rings. The summed E-state index contributed by atoms with van der Waals surface area (Å²) in [7, 11) is 0. The van der Waals surface area contributed by atoms with E-state index in [0.29, 0.717) is 31.9 Å². The predicted octanol–water partition coefficient (Wildman–Crippen LogP) is 2.78. The number of amides is 3. The monoisotopic (exact) mass is 447 g/mol. The molecule has 9 heteroatoms. The van der Waals surface area contributed by atoms with Gasteiger partial charge in [-0.15, -0.1) is 0 Å². The maximum absolute atomic E-state index is 13.2. The Bertz CT molecular complexity index is 1010. The zero-order valence-electron chi connectivity index (χ0n) is 18.7. The molecule has 0 bridgehead atoms. The molecule has 4 heterocycles. The van der Waals surface area contributed by atoms with Gasteiger partial charge in [-0.3, -0.25) is 4.79 Å². The van der Waals surface area contributed by atoms with Gasteiger partial charge in [-0.1, -0.05) is 30.3 Å². The number of carbonyl (C=O) groups is 2. The van der Waals surface area contributed by atoms with Crippen LogP contribution in [0, 0.1) is 0 Å². The number of hydrazone groups is 1. The van der Waals surface area contributed by atoms with Gasteiger partial charge < -0.3 is 14.7 Å². The summed E-state index contributed by atoms with van der Waals surface area (Å²) in [6.07, 6.45) is 7.28. The van der Waals surface area contributed by atoms with E-state index in [-0.39, 0.29) is 18.0 Å². The van der Waals surface area contributed by atoms with Gasteiger partial charge in [0.15, 0.2) is 0 Å². The van der Waals surface area contributed by atoms with Gasteiger partial charge in [0.1, 0.15) is 17.8 Å². The smallest absolute Gasteiger partial charge is 0.341 e. The fourth-order valence-corrected chi connectivity index (χ4v) is 4.72. The third kappa shape index (κ3) is 4.53. The van der Waals surface area contributed by atoms with Crippen LogP contribution in [0.25, 0.3) is 0 Å². The highest BCUT2D eigenvalue weighted by Gasteiger charge is 2.33. The van der Waals surface area contributed by atoms with Gasteiger partial charge in [-0.25, -0.2) is 19.8 Å². The van der Waals surface area contributed by atoms with Crippen molar-refractivity contribution in [3.05, 3.63) is 54.0 Å². The van der Waals surface area contributed by atoms with Crippen LogP contribution in [0.5, 0.6) is 0 Å². The van der Waals surface area contributed by atoms with E-state index in [2.05, 4.69) is 20.0 Å². The number of urea groups is 1. The molecule has 1 unspecified atom stereocenters. The van der Waals surface area contributed by atoms with Gasteiger partial charge in [0.25, 0.3) is 5.91 Å². The molecule has 1 aromatic carbocycles. The lowest BCUT2D eigenvalue weighted by molar-refractivity contribution is 0.0718. The second-order valence-electron chi connectivity index (χ2n) is 8.68. The fourth-order valence-electron chi connectivity index (χ4n) is 4.72. The van der Waals surface area contributed by atoms with Crippen molar-refractivity contribution in [3.63, 3.8) is 0 Å². The molecular formula is C24H29N7O2. The number of hydrogen-bond donors (Lipinski definition) is 0. The molecule has 3 amide bonds. The molecule has 0 radical (unpaired) electrons. The Morgan fingerprint density at radius 3 is 2.36 bits per heavy atom. The van der Waals surface area contributed by atoms with Crippen molar-refractivity contribution in [2.24, 2.45) is 5.10 Å². The molecule has 0 aliphatic carbocycles. The normalized spacial score (nSPS) is 20.9. The molecule has 9 nitrogen and oxygen atoms in total. The minimum Gasteiger partial charge on any atom is -0.353 e. The molecule has 2 aromatic rings. The summed E-state index contributed by atoms with van der Waals surface area (Å²) in [5.41, 5.74) is 1.53. The lowest BCUT2D eigenvalue weighted by atomic mass is 10.1. The first-order chi connectivity index (χ1) is 16.2. The zero-order chi connectivity index (χ0) is 22.6. The standard InChI is InChI=1S/C24H29N7O2/c32-23(29-11-5-2-6-12-29)20-17-22(26-18-25-20)28-13-15-30(16-14-28)24(33)31-21(9-10-27-31)19-7-3-1-4-8-19/h1,3-4,7-8,10,17-18,21H,2,5-6,9,11-16H2. The van der Waals surface area contributed by atoms with Gasteiger partial charge in [0, 0.05) is 58.0 Å². The number of anilines is 1. The number of piperazine rings is 1. The lowest BCUT2D eigenvalue weighted by Gasteiger charge is -2.37. The SMILES string of the molecule is O=C(c1cc(N2CCN(C(=O)N3N=CCC3c3ccccc3)CC2)ncn1)N1CCCCC1. The summed E-state index contributed by atoms with van der Waals surface area (Å²) >= 11 is 0. The number of rotatable bonds is 3. The Labute approximate surface area is 193 Å². The van der Waals surface area contributed by atoms with Crippen molar-refractivity contribution in [2.45, 2.75) is 31.7 Å². The zero-order valence-corrected chi connectivity index (χ0v) is 18.7. The van der Waals surface area contributed by atoms with Crippen molar-refractivity contribution in [1.29, 1.82) is 0 Å². The molecule has 2 saturated heterocycles. The Hall–Kier alpha value is -3.49. The molecule has 5 rings (SSSR count). The van der Waals surface area contributed by atoms with Gasteiger partial charge in [0.05, 0.1) is 6.04 Å². The Kier molecular flexibility index (Phi) is 6.19. The summed E-state index contributed by atoms with van der Waals surface area (Å²) in [6, 6.07) is 11.7. The third-order valence-corrected chi connectivity index (χ3v) is 6.60. The molecule has 3 aliphatic rings. The van der Waals surface area contributed by atoms with E-state index >= 15 is 0 Å². The minimum atomic E-state index is -0.0686. The number of carbonyl (C=O) groups excluding carboxylic acids is 2.